The van der Waals surface area contributed by atoms with Crippen molar-refractivity contribution in [3.63, 3.8) is 0 Å². The number of H-pyrrole nitrogens is 1. The van der Waals surface area contributed by atoms with Crippen LogP contribution >= 0.6 is 0 Å². The zero-order chi connectivity index (χ0) is 18.0. The number of aryl methyl sites for hydroxylation is 1. The number of benzene rings is 1. The molecule has 0 aliphatic rings. The Kier molecular flexibility index (Phi) is 4.12. The van der Waals surface area contributed by atoms with E-state index < -0.39 is 17.4 Å². The summed E-state index contributed by atoms with van der Waals surface area (Å²) in [4.78, 5) is 50.3. The van der Waals surface area contributed by atoms with E-state index in [-0.39, 0.29) is 16.8 Å². The highest BCUT2D eigenvalue weighted by atomic mass is 16.2. The molecule has 3 rings (SSSR count). The monoisotopic (exact) mass is 339 g/mol. The fourth-order valence-electron chi connectivity index (χ4n) is 2.31. The van der Waals surface area contributed by atoms with E-state index in [1.54, 1.807) is 24.3 Å². The summed E-state index contributed by atoms with van der Waals surface area (Å²) in [6, 6.07) is 9.32. The Bertz CT molecular complexity index is 1100. The minimum atomic E-state index is -0.774. The first-order valence-corrected chi connectivity index (χ1v) is 7.23. The van der Waals surface area contributed by atoms with Crippen molar-refractivity contribution < 1.29 is 9.59 Å². The Balaban J connectivity index is 1.88. The summed E-state index contributed by atoms with van der Waals surface area (Å²) in [7, 11) is 1.42. The van der Waals surface area contributed by atoms with Crippen LogP contribution in [0.2, 0.25) is 0 Å². The maximum atomic E-state index is 12.4. The predicted octanol–water partition coefficient (Wildman–Crippen LogP) is -0.303. The van der Waals surface area contributed by atoms with Crippen molar-refractivity contribution in [2.24, 2.45) is 7.05 Å². The number of fused-ring (bicyclic) bond motifs is 1. The number of nitrogens with one attached hydrogen (secondary N) is 3. The van der Waals surface area contributed by atoms with Crippen LogP contribution in [-0.4, -0.2) is 26.6 Å². The molecule has 3 aromatic rings. The molecule has 1 aromatic carbocycles. The quantitative estimate of drug-likeness (QED) is 0.553. The number of hydrogen-bond acceptors (Lipinski definition) is 5. The lowest BCUT2D eigenvalue weighted by molar-refractivity contribution is 0.0843. The van der Waals surface area contributed by atoms with Crippen LogP contribution in [0, 0.1) is 0 Å². The maximum absolute atomic E-state index is 12.4. The first-order chi connectivity index (χ1) is 12.0. The highest BCUT2D eigenvalue weighted by Gasteiger charge is 2.17. The molecule has 0 aliphatic carbocycles. The lowest BCUT2D eigenvalue weighted by atomic mass is 10.1. The highest BCUT2D eigenvalue weighted by Crippen LogP contribution is 2.12. The Morgan fingerprint density at radius 2 is 1.68 bits per heavy atom. The van der Waals surface area contributed by atoms with Crippen molar-refractivity contribution in [3.05, 3.63) is 74.6 Å². The number of carbonyl (C=O) groups is 2. The van der Waals surface area contributed by atoms with Crippen molar-refractivity contribution >= 4 is 22.6 Å². The average Bonchev–Trinajstić information content (AvgIpc) is 2.63. The SMILES string of the molecule is Cn1nc(C(=O)NNC(=O)c2ccc[nH]c2=O)c2ccccc2c1=O. The molecule has 9 heteroatoms. The van der Waals surface area contributed by atoms with Gasteiger partial charge in [-0.2, -0.15) is 5.10 Å². The zero-order valence-corrected chi connectivity index (χ0v) is 13.1. The van der Waals surface area contributed by atoms with Crippen LogP contribution in [0.5, 0.6) is 0 Å². The molecular weight excluding hydrogens is 326 g/mol. The van der Waals surface area contributed by atoms with Crippen molar-refractivity contribution in [1.29, 1.82) is 0 Å². The average molecular weight is 339 g/mol. The third-order valence-electron chi connectivity index (χ3n) is 3.52. The van der Waals surface area contributed by atoms with Crippen LogP contribution in [0.1, 0.15) is 20.8 Å². The summed E-state index contributed by atoms with van der Waals surface area (Å²) in [5, 5.41) is 4.63. The Hall–Kier alpha value is -3.75. The fraction of sp³-hybridized carbons (Fsp3) is 0.0625. The second-order valence-electron chi connectivity index (χ2n) is 5.14. The molecule has 126 valence electrons. The Labute approximate surface area is 140 Å². The molecule has 2 amide bonds. The van der Waals surface area contributed by atoms with Crippen molar-refractivity contribution in [1.82, 2.24) is 25.6 Å². The number of aromatic nitrogens is 3. The second-order valence-corrected chi connectivity index (χ2v) is 5.14. The minimum Gasteiger partial charge on any atom is -0.328 e. The summed E-state index contributed by atoms with van der Waals surface area (Å²) in [5.41, 5.74) is 3.24. The van der Waals surface area contributed by atoms with Crippen LogP contribution in [0.4, 0.5) is 0 Å². The van der Waals surface area contributed by atoms with E-state index in [4.69, 9.17) is 0 Å². The summed E-state index contributed by atoms with van der Waals surface area (Å²) in [5.74, 6) is -1.49. The standard InChI is InChI=1S/C16H13N5O4/c1-21-16(25)10-6-3-2-5-9(10)12(20-21)15(24)19-18-14(23)11-7-4-8-17-13(11)22/h2-8H,1H3,(H,17,22)(H,18,23)(H,19,24). The van der Waals surface area contributed by atoms with Crippen LogP contribution < -0.4 is 22.0 Å². The van der Waals surface area contributed by atoms with E-state index in [0.29, 0.717) is 10.8 Å². The summed E-state index contributed by atoms with van der Waals surface area (Å²) < 4.78 is 1.04. The van der Waals surface area contributed by atoms with Gasteiger partial charge in [-0.15, -0.1) is 0 Å². The first-order valence-electron chi connectivity index (χ1n) is 7.23. The van der Waals surface area contributed by atoms with Gasteiger partial charge < -0.3 is 4.98 Å². The van der Waals surface area contributed by atoms with Gasteiger partial charge in [0.25, 0.3) is 22.9 Å². The molecular formula is C16H13N5O4. The van der Waals surface area contributed by atoms with Crippen molar-refractivity contribution in [2.45, 2.75) is 0 Å². The molecule has 3 N–H and O–H groups in total. The van der Waals surface area contributed by atoms with Gasteiger partial charge in [-0.25, -0.2) is 4.68 Å². The largest absolute Gasteiger partial charge is 0.328 e. The molecule has 0 fully saturated rings. The maximum Gasteiger partial charge on any atom is 0.290 e. The van der Waals surface area contributed by atoms with E-state index in [1.807, 2.05) is 0 Å². The van der Waals surface area contributed by atoms with E-state index in [1.165, 1.54) is 25.4 Å². The Morgan fingerprint density at radius 3 is 2.40 bits per heavy atom. The normalized spacial score (nSPS) is 10.4. The summed E-state index contributed by atoms with van der Waals surface area (Å²) in [6.45, 7) is 0. The molecule has 0 spiro atoms. The molecule has 0 atom stereocenters. The van der Waals surface area contributed by atoms with Crippen LogP contribution in [0.25, 0.3) is 10.8 Å². The van der Waals surface area contributed by atoms with Gasteiger partial charge in [0.1, 0.15) is 5.56 Å². The summed E-state index contributed by atoms with van der Waals surface area (Å²) in [6.07, 6.45) is 1.39. The number of carbonyl (C=O) groups excluding carboxylic acids is 2. The number of hydrogen-bond donors (Lipinski definition) is 3. The van der Waals surface area contributed by atoms with Crippen LogP contribution in [0.15, 0.2) is 52.2 Å². The zero-order valence-electron chi connectivity index (χ0n) is 13.1. The fourth-order valence-corrected chi connectivity index (χ4v) is 2.31. The van der Waals surface area contributed by atoms with E-state index >= 15 is 0 Å². The second kappa shape index (κ2) is 6.40. The number of nitrogens with zero attached hydrogens (tertiary/aromatic N) is 2. The first kappa shape index (κ1) is 16.1. The van der Waals surface area contributed by atoms with Gasteiger partial charge in [-0.3, -0.25) is 30.0 Å². The van der Waals surface area contributed by atoms with Gasteiger partial charge >= 0.3 is 0 Å². The number of hydrazine groups is 1. The predicted molar refractivity (Wildman–Crippen MR) is 89.0 cm³/mol. The van der Waals surface area contributed by atoms with Gasteiger partial charge in [-0.05, 0) is 18.2 Å². The smallest absolute Gasteiger partial charge is 0.290 e. The summed E-state index contributed by atoms with van der Waals surface area (Å²) >= 11 is 0. The molecule has 0 saturated carbocycles. The van der Waals surface area contributed by atoms with E-state index in [0.717, 1.165) is 4.68 Å². The van der Waals surface area contributed by atoms with Gasteiger partial charge in [0.05, 0.1) is 5.39 Å². The van der Waals surface area contributed by atoms with E-state index in [2.05, 4.69) is 20.9 Å². The molecule has 0 saturated heterocycles. The molecule has 0 aliphatic heterocycles. The topological polar surface area (TPSA) is 126 Å². The van der Waals surface area contributed by atoms with Crippen LogP contribution in [0.3, 0.4) is 0 Å². The molecule has 25 heavy (non-hydrogen) atoms. The molecule has 2 aromatic heterocycles. The molecule has 2 heterocycles. The van der Waals surface area contributed by atoms with Gasteiger partial charge in [0.2, 0.25) is 0 Å². The lowest BCUT2D eigenvalue weighted by Crippen LogP contribution is -2.44. The van der Waals surface area contributed by atoms with Gasteiger partial charge in [-0.1, -0.05) is 18.2 Å². The van der Waals surface area contributed by atoms with E-state index in [9.17, 15) is 19.2 Å². The third kappa shape index (κ3) is 3.02. The molecule has 0 bridgehead atoms. The van der Waals surface area contributed by atoms with Crippen molar-refractivity contribution in [3.8, 4) is 0 Å². The minimum absolute atomic E-state index is 0.0278. The van der Waals surface area contributed by atoms with Gasteiger partial charge in [0, 0.05) is 18.6 Å². The van der Waals surface area contributed by atoms with Crippen molar-refractivity contribution in [2.75, 3.05) is 0 Å². The number of aromatic amines is 1. The molecule has 0 radical (unpaired) electrons. The molecule has 9 nitrogen and oxygen atoms in total. The highest BCUT2D eigenvalue weighted by molar-refractivity contribution is 6.05. The third-order valence-corrected chi connectivity index (χ3v) is 3.52. The number of pyridine rings is 1. The lowest BCUT2D eigenvalue weighted by Gasteiger charge is -2.09. The van der Waals surface area contributed by atoms with Gasteiger partial charge in [0.15, 0.2) is 5.69 Å². The number of rotatable bonds is 2. The number of amides is 2. The Morgan fingerprint density at radius 1 is 1.00 bits per heavy atom. The molecule has 0 unspecified atom stereocenters. The van der Waals surface area contributed by atoms with Crippen LogP contribution in [-0.2, 0) is 7.05 Å².